The minimum atomic E-state index is -1.45. The quantitative estimate of drug-likeness (QED) is 0.630. The molecule has 5 heteroatoms. The van der Waals surface area contributed by atoms with Gasteiger partial charge in [-0.1, -0.05) is 38.1 Å². The van der Waals surface area contributed by atoms with Crippen LogP contribution in [0.1, 0.15) is 25.8 Å². The van der Waals surface area contributed by atoms with Gasteiger partial charge in [-0.25, -0.2) is 0 Å². The molecular formula is C12H18BNO3. The Hall–Kier alpha value is -1.33. The second-order valence-corrected chi connectivity index (χ2v) is 4.14. The van der Waals surface area contributed by atoms with Crippen molar-refractivity contribution in [2.45, 2.75) is 26.8 Å². The van der Waals surface area contributed by atoms with E-state index in [0.29, 0.717) is 12.0 Å². The van der Waals surface area contributed by atoms with Crippen LogP contribution < -0.4 is 10.8 Å². The number of amides is 1. The third-order valence-electron chi connectivity index (χ3n) is 2.80. The van der Waals surface area contributed by atoms with E-state index in [4.69, 9.17) is 10.0 Å². The van der Waals surface area contributed by atoms with E-state index in [-0.39, 0.29) is 11.8 Å². The van der Waals surface area contributed by atoms with E-state index in [0.717, 1.165) is 12.0 Å². The van der Waals surface area contributed by atoms with Crippen molar-refractivity contribution in [2.75, 3.05) is 0 Å². The van der Waals surface area contributed by atoms with E-state index >= 15 is 0 Å². The van der Waals surface area contributed by atoms with Crippen molar-refractivity contribution in [3.63, 3.8) is 0 Å². The molecule has 0 aliphatic rings. The number of nitrogens with one attached hydrogen (secondary N) is 1. The maximum absolute atomic E-state index is 11.5. The topological polar surface area (TPSA) is 69.6 Å². The maximum Gasteiger partial charge on any atom is 0.488 e. The monoisotopic (exact) mass is 235 g/mol. The van der Waals surface area contributed by atoms with Gasteiger partial charge < -0.3 is 15.4 Å². The number of hydrogen-bond donors (Lipinski definition) is 3. The predicted octanol–water partition coefficient (Wildman–Crippen LogP) is 0.0287. The van der Waals surface area contributed by atoms with Gasteiger partial charge in [-0.2, -0.15) is 0 Å². The third kappa shape index (κ3) is 4.21. The van der Waals surface area contributed by atoms with Gasteiger partial charge in [0, 0.05) is 12.5 Å². The smallest absolute Gasteiger partial charge is 0.423 e. The first-order chi connectivity index (χ1) is 8.04. The lowest BCUT2D eigenvalue weighted by Gasteiger charge is -2.10. The number of benzene rings is 1. The SMILES string of the molecule is CCC(C)C(=O)NCc1ccc(B(O)O)cc1. The van der Waals surface area contributed by atoms with Crippen LogP contribution in [0.2, 0.25) is 0 Å². The molecule has 0 aromatic heterocycles. The molecule has 0 heterocycles. The second kappa shape index (κ2) is 6.42. The Balaban J connectivity index is 2.50. The number of carbonyl (C=O) groups is 1. The van der Waals surface area contributed by atoms with E-state index in [9.17, 15) is 4.79 Å². The molecule has 1 unspecified atom stereocenters. The van der Waals surface area contributed by atoms with Crippen LogP contribution in [0.15, 0.2) is 24.3 Å². The van der Waals surface area contributed by atoms with Crippen molar-refractivity contribution < 1.29 is 14.8 Å². The van der Waals surface area contributed by atoms with Crippen LogP contribution in [0.4, 0.5) is 0 Å². The molecule has 0 radical (unpaired) electrons. The van der Waals surface area contributed by atoms with Gasteiger partial charge in [0.05, 0.1) is 0 Å². The third-order valence-corrected chi connectivity index (χ3v) is 2.80. The Kier molecular flexibility index (Phi) is 5.19. The largest absolute Gasteiger partial charge is 0.488 e. The fourth-order valence-corrected chi connectivity index (χ4v) is 1.36. The molecule has 17 heavy (non-hydrogen) atoms. The second-order valence-electron chi connectivity index (χ2n) is 4.14. The molecule has 4 nitrogen and oxygen atoms in total. The van der Waals surface area contributed by atoms with Gasteiger partial charge in [0.2, 0.25) is 5.91 Å². The van der Waals surface area contributed by atoms with Crippen LogP contribution in [0, 0.1) is 5.92 Å². The molecule has 0 saturated carbocycles. The van der Waals surface area contributed by atoms with Crippen molar-refractivity contribution in [1.82, 2.24) is 5.32 Å². The summed E-state index contributed by atoms with van der Waals surface area (Å²) in [7, 11) is -1.45. The van der Waals surface area contributed by atoms with Gasteiger partial charge in [-0.15, -0.1) is 0 Å². The highest BCUT2D eigenvalue weighted by Crippen LogP contribution is 2.02. The Morgan fingerprint density at radius 2 is 1.94 bits per heavy atom. The first-order valence-corrected chi connectivity index (χ1v) is 5.77. The minimum Gasteiger partial charge on any atom is -0.423 e. The number of rotatable bonds is 5. The van der Waals surface area contributed by atoms with Gasteiger partial charge in [-0.3, -0.25) is 4.79 Å². The molecule has 1 atom stereocenters. The lowest BCUT2D eigenvalue weighted by molar-refractivity contribution is -0.124. The van der Waals surface area contributed by atoms with Crippen molar-refractivity contribution in [1.29, 1.82) is 0 Å². The van der Waals surface area contributed by atoms with Gasteiger partial charge in [0.25, 0.3) is 0 Å². The van der Waals surface area contributed by atoms with Gasteiger partial charge in [0.15, 0.2) is 0 Å². The fraction of sp³-hybridized carbons (Fsp3) is 0.417. The van der Waals surface area contributed by atoms with Crippen LogP contribution >= 0.6 is 0 Å². The van der Waals surface area contributed by atoms with Crippen molar-refractivity contribution in [2.24, 2.45) is 5.92 Å². The average Bonchev–Trinajstić information content (AvgIpc) is 2.35. The Morgan fingerprint density at radius 3 is 2.41 bits per heavy atom. The Morgan fingerprint density at radius 1 is 1.35 bits per heavy atom. The summed E-state index contributed by atoms with van der Waals surface area (Å²) >= 11 is 0. The zero-order valence-electron chi connectivity index (χ0n) is 10.2. The number of carbonyl (C=O) groups excluding carboxylic acids is 1. The Bertz CT molecular complexity index is 365. The fourth-order valence-electron chi connectivity index (χ4n) is 1.36. The first kappa shape index (κ1) is 13.7. The van der Waals surface area contributed by atoms with E-state index in [1.54, 1.807) is 24.3 Å². The molecule has 1 aromatic rings. The van der Waals surface area contributed by atoms with Crippen molar-refractivity contribution in [3.8, 4) is 0 Å². The molecule has 0 aliphatic heterocycles. The highest BCUT2D eigenvalue weighted by Gasteiger charge is 2.11. The van der Waals surface area contributed by atoms with Gasteiger partial charge in [-0.05, 0) is 17.4 Å². The molecule has 0 bridgehead atoms. The van der Waals surface area contributed by atoms with Crippen molar-refractivity contribution in [3.05, 3.63) is 29.8 Å². The van der Waals surface area contributed by atoms with Crippen LogP contribution in [-0.4, -0.2) is 23.1 Å². The summed E-state index contributed by atoms with van der Waals surface area (Å²) in [6.45, 7) is 4.33. The summed E-state index contributed by atoms with van der Waals surface area (Å²) in [5.74, 6) is 0.0623. The molecular weight excluding hydrogens is 217 g/mol. The first-order valence-electron chi connectivity index (χ1n) is 5.77. The van der Waals surface area contributed by atoms with E-state index in [2.05, 4.69) is 5.32 Å². The maximum atomic E-state index is 11.5. The molecule has 3 N–H and O–H groups in total. The molecule has 1 aromatic carbocycles. The Labute approximate surface area is 102 Å². The summed E-state index contributed by atoms with van der Waals surface area (Å²) in [5.41, 5.74) is 1.38. The van der Waals surface area contributed by atoms with Crippen LogP contribution in [0.5, 0.6) is 0 Å². The molecule has 92 valence electrons. The molecule has 1 rings (SSSR count). The average molecular weight is 235 g/mol. The standard InChI is InChI=1S/C12H18BNO3/c1-3-9(2)12(15)14-8-10-4-6-11(7-5-10)13(16)17/h4-7,9,16-17H,3,8H2,1-2H3,(H,14,15). The van der Waals surface area contributed by atoms with Gasteiger partial charge >= 0.3 is 7.12 Å². The molecule has 0 saturated heterocycles. The normalized spacial score (nSPS) is 12.0. The molecule has 1 amide bonds. The summed E-state index contributed by atoms with van der Waals surface area (Å²) in [6, 6.07) is 6.81. The minimum absolute atomic E-state index is 0.0218. The molecule has 0 spiro atoms. The van der Waals surface area contributed by atoms with E-state index < -0.39 is 7.12 Å². The molecule has 0 fully saturated rings. The lowest BCUT2D eigenvalue weighted by atomic mass is 9.80. The van der Waals surface area contributed by atoms with E-state index in [1.165, 1.54) is 0 Å². The van der Waals surface area contributed by atoms with Crippen LogP contribution in [0.25, 0.3) is 0 Å². The summed E-state index contributed by atoms with van der Waals surface area (Å²) < 4.78 is 0. The highest BCUT2D eigenvalue weighted by molar-refractivity contribution is 6.58. The van der Waals surface area contributed by atoms with Crippen LogP contribution in [0.3, 0.4) is 0 Å². The zero-order chi connectivity index (χ0) is 12.8. The zero-order valence-corrected chi connectivity index (χ0v) is 10.2. The molecule has 0 aliphatic carbocycles. The summed E-state index contributed by atoms with van der Waals surface area (Å²) in [6.07, 6.45) is 0.821. The van der Waals surface area contributed by atoms with Gasteiger partial charge in [0.1, 0.15) is 0 Å². The summed E-state index contributed by atoms with van der Waals surface area (Å²) in [4.78, 5) is 11.5. The highest BCUT2D eigenvalue weighted by atomic mass is 16.4. The van der Waals surface area contributed by atoms with Crippen LogP contribution in [-0.2, 0) is 11.3 Å². The van der Waals surface area contributed by atoms with Crippen molar-refractivity contribution >= 4 is 18.5 Å². The number of hydrogen-bond acceptors (Lipinski definition) is 3. The summed E-state index contributed by atoms with van der Waals surface area (Å²) in [5, 5.41) is 20.7. The van der Waals surface area contributed by atoms with E-state index in [1.807, 2.05) is 13.8 Å². The predicted molar refractivity (Wildman–Crippen MR) is 67.6 cm³/mol. The lowest BCUT2D eigenvalue weighted by Crippen LogP contribution is -2.30.